The summed E-state index contributed by atoms with van der Waals surface area (Å²) in [5.74, 6) is 0.335. The molecule has 1 amide bonds. The number of fused-ring (bicyclic) bond motifs is 1. The van der Waals surface area contributed by atoms with E-state index < -0.39 is 0 Å². The molecule has 0 unspecified atom stereocenters. The van der Waals surface area contributed by atoms with Crippen molar-refractivity contribution in [3.8, 4) is 11.4 Å². The van der Waals surface area contributed by atoms with Crippen molar-refractivity contribution in [3.63, 3.8) is 0 Å². The SMILES string of the molecule is C=CCn1c(SCC(=O)Nc2sc3c(c2C(=O)OCC)CCCCC3)nnc1-c1cccc(C)c1. The number of esters is 1. The van der Waals surface area contributed by atoms with Crippen LogP contribution in [0.5, 0.6) is 0 Å². The molecule has 3 aromatic rings. The fraction of sp³-hybridized carbons (Fsp3) is 0.385. The second-order valence-electron chi connectivity index (χ2n) is 8.40. The highest BCUT2D eigenvalue weighted by Crippen LogP contribution is 2.38. The van der Waals surface area contributed by atoms with Gasteiger partial charge >= 0.3 is 5.97 Å². The van der Waals surface area contributed by atoms with Crippen LogP contribution in [0.25, 0.3) is 11.4 Å². The van der Waals surface area contributed by atoms with Crippen LogP contribution < -0.4 is 5.32 Å². The Hall–Kier alpha value is -2.91. The molecule has 0 bridgehead atoms. The first kappa shape index (κ1) is 25.2. The number of thiophene rings is 1. The average Bonchev–Trinajstić information content (AvgIpc) is 3.30. The largest absolute Gasteiger partial charge is 0.462 e. The molecule has 0 spiro atoms. The Morgan fingerprint density at radius 1 is 1.26 bits per heavy atom. The van der Waals surface area contributed by atoms with Crippen LogP contribution in [0.1, 0.15) is 52.5 Å². The summed E-state index contributed by atoms with van der Waals surface area (Å²) in [6, 6.07) is 8.08. The molecule has 0 atom stereocenters. The number of hydrogen-bond acceptors (Lipinski definition) is 7. The lowest BCUT2D eigenvalue weighted by Crippen LogP contribution is -2.17. The predicted octanol–water partition coefficient (Wildman–Crippen LogP) is 5.68. The van der Waals surface area contributed by atoms with Gasteiger partial charge in [0, 0.05) is 17.0 Å². The molecule has 0 fully saturated rings. The number of allylic oxidation sites excluding steroid dienone is 1. The third-order valence-electron chi connectivity index (χ3n) is 5.79. The van der Waals surface area contributed by atoms with Crippen LogP contribution in [0, 0.1) is 6.92 Å². The van der Waals surface area contributed by atoms with Crippen LogP contribution in [0.4, 0.5) is 5.00 Å². The van der Waals surface area contributed by atoms with Gasteiger partial charge in [-0.1, -0.05) is 48.0 Å². The molecule has 0 saturated heterocycles. The first-order valence-corrected chi connectivity index (χ1v) is 13.7. The number of anilines is 1. The number of benzene rings is 1. The molecular weight excluding hydrogens is 480 g/mol. The number of hydrogen-bond donors (Lipinski definition) is 1. The van der Waals surface area contributed by atoms with E-state index in [-0.39, 0.29) is 17.6 Å². The van der Waals surface area contributed by atoms with Gasteiger partial charge in [0.15, 0.2) is 11.0 Å². The monoisotopic (exact) mass is 510 g/mol. The Labute approximate surface area is 214 Å². The zero-order chi connectivity index (χ0) is 24.8. The maximum Gasteiger partial charge on any atom is 0.341 e. The minimum absolute atomic E-state index is 0.147. The van der Waals surface area contributed by atoms with Gasteiger partial charge in [0.05, 0.1) is 17.9 Å². The lowest BCUT2D eigenvalue weighted by atomic mass is 10.1. The summed E-state index contributed by atoms with van der Waals surface area (Å²) >= 11 is 2.82. The van der Waals surface area contributed by atoms with Gasteiger partial charge in [-0.05, 0) is 51.2 Å². The van der Waals surface area contributed by atoms with E-state index in [0.29, 0.717) is 28.9 Å². The summed E-state index contributed by atoms with van der Waals surface area (Å²) in [7, 11) is 0. The molecule has 1 aliphatic carbocycles. The number of aryl methyl sites for hydroxylation is 2. The van der Waals surface area contributed by atoms with Crippen molar-refractivity contribution in [1.29, 1.82) is 0 Å². The Morgan fingerprint density at radius 3 is 2.86 bits per heavy atom. The molecule has 2 aromatic heterocycles. The van der Waals surface area contributed by atoms with E-state index in [9.17, 15) is 9.59 Å². The number of amides is 1. The summed E-state index contributed by atoms with van der Waals surface area (Å²) in [6.45, 7) is 8.51. The predicted molar refractivity (Wildman–Crippen MR) is 141 cm³/mol. The normalized spacial score (nSPS) is 13.1. The van der Waals surface area contributed by atoms with Crippen LogP contribution >= 0.6 is 23.1 Å². The average molecular weight is 511 g/mol. The second kappa shape index (κ2) is 11.7. The van der Waals surface area contributed by atoms with Gasteiger partial charge in [0.25, 0.3) is 0 Å². The molecule has 0 aliphatic heterocycles. The van der Waals surface area contributed by atoms with Crippen LogP contribution in [0.2, 0.25) is 0 Å². The van der Waals surface area contributed by atoms with Crippen LogP contribution in [-0.4, -0.2) is 39.0 Å². The van der Waals surface area contributed by atoms with Gasteiger partial charge in [-0.25, -0.2) is 4.79 Å². The number of ether oxygens (including phenoxy) is 1. The maximum atomic E-state index is 12.9. The third-order valence-corrected chi connectivity index (χ3v) is 7.96. The summed E-state index contributed by atoms with van der Waals surface area (Å²) in [6.07, 6.45) is 6.86. The standard InChI is InChI=1S/C26H30N4O3S2/c1-4-14-30-23(18-11-9-10-17(3)15-18)28-29-26(30)34-16-21(31)27-24-22(25(32)33-5-2)19-12-7-6-8-13-20(19)35-24/h4,9-11,15H,1,5-8,12-14,16H2,2-3H3,(H,27,31). The Bertz CT molecular complexity index is 1230. The Kier molecular flexibility index (Phi) is 8.41. The molecule has 7 nitrogen and oxygen atoms in total. The highest BCUT2D eigenvalue weighted by atomic mass is 32.2. The molecule has 1 aliphatic rings. The minimum Gasteiger partial charge on any atom is -0.462 e. The van der Waals surface area contributed by atoms with E-state index in [0.717, 1.165) is 54.6 Å². The lowest BCUT2D eigenvalue weighted by Gasteiger charge is -2.09. The summed E-state index contributed by atoms with van der Waals surface area (Å²) in [5, 5.41) is 12.9. The molecule has 184 valence electrons. The van der Waals surface area contributed by atoms with Crippen molar-refractivity contribution < 1.29 is 14.3 Å². The van der Waals surface area contributed by atoms with Crippen molar-refractivity contribution in [2.75, 3.05) is 17.7 Å². The van der Waals surface area contributed by atoms with E-state index in [1.807, 2.05) is 29.7 Å². The van der Waals surface area contributed by atoms with Crippen LogP contribution in [-0.2, 0) is 28.9 Å². The summed E-state index contributed by atoms with van der Waals surface area (Å²) in [4.78, 5) is 26.9. The van der Waals surface area contributed by atoms with E-state index in [4.69, 9.17) is 4.74 Å². The molecule has 9 heteroatoms. The van der Waals surface area contributed by atoms with Crippen molar-refractivity contribution in [1.82, 2.24) is 14.8 Å². The Morgan fingerprint density at radius 2 is 2.09 bits per heavy atom. The molecule has 2 heterocycles. The molecule has 0 radical (unpaired) electrons. The van der Waals surface area contributed by atoms with Gasteiger partial charge < -0.3 is 10.1 Å². The topological polar surface area (TPSA) is 86.1 Å². The number of nitrogens with one attached hydrogen (secondary N) is 1. The van der Waals surface area contributed by atoms with E-state index in [1.165, 1.54) is 28.0 Å². The number of nitrogens with zero attached hydrogens (tertiary/aromatic N) is 3. The molecular formula is C26H30N4O3S2. The number of carbonyl (C=O) groups excluding carboxylic acids is 2. The third kappa shape index (κ3) is 5.85. The number of rotatable bonds is 9. The fourth-order valence-corrected chi connectivity index (χ4v) is 6.27. The van der Waals surface area contributed by atoms with Crippen molar-refractivity contribution in [3.05, 3.63) is 58.5 Å². The summed E-state index contributed by atoms with van der Waals surface area (Å²) in [5.41, 5.74) is 3.68. The lowest BCUT2D eigenvalue weighted by molar-refractivity contribution is -0.113. The first-order chi connectivity index (χ1) is 17.0. The fourth-order valence-electron chi connectivity index (χ4n) is 4.23. The maximum absolute atomic E-state index is 12.9. The van der Waals surface area contributed by atoms with Crippen molar-refractivity contribution >= 4 is 40.0 Å². The summed E-state index contributed by atoms with van der Waals surface area (Å²) < 4.78 is 7.28. The minimum atomic E-state index is -0.358. The highest BCUT2D eigenvalue weighted by molar-refractivity contribution is 7.99. The van der Waals surface area contributed by atoms with Gasteiger partial charge in [0.1, 0.15) is 5.00 Å². The van der Waals surface area contributed by atoms with Gasteiger partial charge in [0.2, 0.25) is 5.91 Å². The van der Waals surface area contributed by atoms with Crippen molar-refractivity contribution in [2.45, 2.75) is 57.7 Å². The second-order valence-corrected chi connectivity index (χ2v) is 10.4. The quantitative estimate of drug-likeness (QED) is 0.173. The molecule has 1 aromatic carbocycles. The van der Waals surface area contributed by atoms with E-state index in [1.54, 1.807) is 13.0 Å². The molecule has 35 heavy (non-hydrogen) atoms. The number of aromatic nitrogens is 3. The van der Waals surface area contributed by atoms with Crippen LogP contribution in [0.15, 0.2) is 42.1 Å². The van der Waals surface area contributed by atoms with Gasteiger partial charge in [-0.15, -0.1) is 28.1 Å². The Balaban J connectivity index is 1.51. The van der Waals surface area contributed by atoms with Crippen molar-refractivity contribution in [2.24, 2.45) is 0 Å². The highest BCUT2D eigenvalue weighted by Gasteiger charge is 2.27. The first-order valence-electron chi connectivity index (χ1n) is 11.9. The van der Waals surface area contributed by atoms with E-state index in [2.05, 4.69) is 28.2 Å². The number of carbonyl (C=O) groups is 2. The van der Waals surface area contributed by atoms with Gasteiger partial charge in [-0.2, -0.15) is 0 Å². The number of thioether (sulfide) groups is 1. The molecule has 0 saturated carbocycles. The zero-order valence-electron chi connectivity index (χ0n) is 20.1. The van der Waals surface area contributed by atoms with E-state index >= 15 is 0 Å². The zero-order valence-corrected chi connectivity index (χ0v) is 21.8. The molecule has 1 N–H and O–H groups in total. The smallest absolute Gasteiger partial charge is 0.341 e. The van der Waals surface area contributed by atoms with Gasteiger partial charge in [-0.3, -0.25) is 9.36 Å². The van der Waals surface area contributed by atoms with Crippen LogP contribution in [0.3, 0.4) is 0 Å². The molecule has 4 rings (SSSR count).